The van der Waals surface area contributed by atoms with Crippen LogP contribution < -0.4 is 0 Å². The second-order valence-electron chi connectivity index (χ2n) is 5.87. The van der Waals surface area contributed by atoms with Gasteiger partial charge in [-0.1, -0.05) is 6.92 Å². The second-order valence-corrected chi connectivity index (χ2v) is 6.23. The Morgan fingerprint density at radius 3 is 2.59 bits per heavy atom. The first-order valence-corrected chi connectivity index (χ1v) is 7.64. The minimum Gasteiger partial charge on any atom is -0.284 e. The molecule has 1 saturated heterocycles. The summed E-state index contributed by atoms with van der Waals surface area (Å²) in [4.78, 5) is 2.23. The Morgan fingerprint density at radius 2 is 1.95 bits per heavy atom. The highest BCUT2D eigenvalue weighted by atomic mass is 32.1. The van der Waals surface area contributed by atoms with E-state index in [4.69, 9.17) is 12.2 Å². The fraction of sp³-hybridized carbons (Fsp3) is 0.571. The van der Waals surface area contributed by atoms with Crippen molar-refractivity contribution in [2.75, 3.05) is 13.1 Å². The molecule has 2 aromatic heterocycles. The predicted octanol–water partition coefficient (Wildman–Crippen LogP) is 3.57. The topological polar surface area (TPSA) is 25.5 Å². The normalized spacial score (nSPS) is 18.2. The number of rotatable bonds is 2. The van der Waals surface area contributed by atoms with E-state index in [-0.39, 0.29) is 0 Å². The molecule has 3 heterocycles. The summed E-state index contributed by atoms with van der Waals surface area (Å²) in [6.45, 7) is 4.68. The number of halogens is 3. The van der Waals surface area contributed by atoms with Crippen LogP contribution in [-0.2, 0) is 12.8 Å². The number of piperidine rings is 1. The first-order valence-electron chi connectivity index (χ1n) is 7.23. The number of likely N-dealkylation sites (tertiary alicyclic amines) is 1. The van der Waals surface area contributed by atoms with Crippen molar-refractivity contribution >= 4 is 17.9 Å². The number of aromatic nitrogens is 3. The fourth-order valence-corrected chi connectivity index (χ4v) is 2.92. The summed E-state index contributed by atoms with van der Waals surface area (Å²) in [5.74, 6) is 0.722. The van der Waals surface area contributed by atoms with Gasteiger partial charge in [-0.05, 0) is 43.1 Å². The van der Waals surface area contributed by atoms with Gasteiger partial charge in [0.2, 0.25) is 4.77 Å². The van der Waals surface area contributed by atoms with Crippen molar-refractivity contribution in [3.05, 3.63) is 28.7 Å². The lowest BCUT2D eigenvalue weighted by atomic mass is 10.00. The highest BCUT2D eigenvalue weighted by molar-refractivity contribution is 7.71. The number of hydrogen-bond donors (Lipinski definition) is 0. The molecule has 0 saturated carbocycles. The van der Waals surface area contributed by atoms with Gasteiger partial charge in [0.15, 0.2) is 5.65 Å². The van der Waals surface area contributed by atoms with Crippen LogP contribution >= 0.6 is 12.2 Å². The molecule has 22 heavy (non-hydrogen) atoms. The zero-order chi connectivity index (χ0) is 15.9. The summed E-state index contributed by atoms with van der Waals surface area (Å²) in [7, 11) is 0. The van der Waals surface area contributed by atoms with Gasteiger partial charge in [-0.15, -0.1) is 0 Å². The number of alkyl halides is 3. The van der Waals surface area contributed by atoms with E-state index in [1.165, 1.54) is 10.5 Å². The minimum absolute atomic E-state index is 0.291. The number of pyridine rings is 1. The highest BCUT2D eigenvalue weighted by Crippen LogP contribution is 2.29. The van der Waals surface area contributed by atoms with Crippen molar-refractivity contribution < 1.29 is 13.2 Å². The molecule has 3 rings (SSSR count). The molecule has 1 aliphatic rings. The van der Waals surface area contributed by atoms with Crippen LogP contribution in [-0.4, -0.2) is 32.2 Å². The van der Waals surface area contributed by atoms with E-state index in [0.29, 0.717) is 17.1 Å². The van der Waals surface area contributed by atoms with Crippen LogP contribution in [0.4, 0.5) is 13.2 Å². The molecule has 0 N–H and O–H groups in total. The summed E-state index contributed by atoms with van der Waals surface area (Å²) in [5.41, 5.74) is -0.286. The van der Waals surface area contributed by atoms with E-state index in [0.717, 1.165) is 44.1 Å². The van der Waals surface area contributed by atoms with E-state index < -0.39 is 11.7 Å². The molecule has 1 aliphatic heterocycles. The van der Waals surface area contributed by atoms with Crippen molar-refractivity contribution in [2.45, 2.75) is 32.6 Å². The molecular formula is C14H17F3N4S. The Kier molecular flexibility index (Phi) is 3.98. The van der Waals surface area contributed by atoms with Gasteiger partial charge in [-0.3, -0.25) is 9.30 Å². The first-order chi connectivity index (χ1) is 10.3. The summed E-state index contributed by atoms with van der Waals surface area (Å²) in [5, 5.41) is 4.31. The van der Waals surface area contributed by atoms with Gasteiger partial charge in [-0.2, -0.15) is 18.3 Å². The van der Waals surface area contributed by atoms with E-state index in [1.807, 2.05) is 0 Å². The molecule has 0 aromatic carbocycles. The lowest BCUT2D eigenvalue weighted by Gasteiger charge is -2.29. The zero-order valence-electron chi connectivity index (χ0n) is 12.2. The Labute approximate surface area is 131 Å². The summed E-state index contributed by atoms with van der Waals surface area (Å²) in [6.07, 6.45) is -1.12. The average molecular weight is 330 g/mol. The van der Waals surface area contributed by atoms with Gasteiger partial charge in [-0.25, -0.2) is 4.68 Å². The van der Waals surface area contributed by atoms with Gasteiger partial charge < -0.3 is 0 Å². The summed E-state index contributed by atoms with van der Waals surface area (Å²) >= 11 is 5.27. The lowest BCUT2D eigenvalue weighted by molar-refractivity contribution is -0.137. The third-order valence-electron chi connectivity index (χ3n) is 4.11. The van der Waals surface area contributed by atoms with Crippen LogP contribution in [0, 0.1) is 10.7 Å². The van der Waals surface area contributed by atoms with Crippen LogP contribution in [0.25, 0.3) is 5.65 Å². The summed E-state index contributed by atoms with van der Waals surface area (Å²) < 4.78 is 41.6. The van der Waals surface area contributed by atoms with Gasteiger partial charge in [0.25, 0.3) is 0 Å². The lowest BCUT2D eigenvalue weighted by Crippen LogP contribution is -2.34. The Balaban J connectivity index is 1.88. The molecule has 0 aliphatic carbocycles. The second kappa shape index (κ2) is 5.66. The minimum atomic E-state index is -4.38. The molecule has 0 amide bonds. The molecule has 4 nitrogen and oxygen atoms in total. The SMILES string of the molecule is CC1CCN(Cn2nc3ccc(C(F)(F)F)cn3c2=S)CC1. The van der Waals surface area contributed by atoms with Crippen LogP contribution in [0.5, 0.6) is 0 Å². The number of nitrogens with zero attached hydrogens (tertiary/aromatic N) is 4. The molecule has 120 valence electrons. The van der Waals surface area contributed by atoms with Gasteiger partial charge in [0.05, 0.1) is 12.2 Å². The number of fused-ring (bicyclic) bond motifs is 1. The molecular weight excluding hydrogens is 313 g/mol. The van der Waals surface area contributed by atoms with Crippen molar-refractivity contribution in [1.82, 2.24) is 19.1 Å². The summed E-state index contributed by atoms with van der Waals surface area (Å²) in [6, 6.07) is 2.39. The van der Waals surface area contributed by atoms with Gasteiger partial charge in [0, 0.05) is 19.3 Å². The first kappa shape index (κ1) is 15.5. The van der Waals surface area contributed by atoms with Crippen LogP contribution in [0.3, 0.4) is 0 Å². The molecule has 0 spiro atoms. The molecule has 0 atom stereocenters. The third-order valence-corrected chi connectivity index (χ3v) is 4.52. The maximum atomic E-state index is 12.8. The van der Waals surface area contributed by atoms with E-state index >= 15 is 0 Å². The maximum absolute atomic E-state index is 12.8. The molecule has 0 bridgehead atoms. The monoisotopic (exact) mass is 330 g/mol. The van der Waals surface area contributed by atoms with E-state index in [2.05, 4.69) is 16.9 Å². The average Bonchev–Trinajstić information content (AvgIpc) is 2.77. The van der Waals surface area contributed by atoms with Crippen molar-refractivity contribution in [3.8, 4) is 0 Å². The Hall–Kier alpha value is -1.41. The molecule has 2 aromatic rings. The van der Waals surface area contributed by atoms with Gasteiger partial charge in [0.1, 0.15) is 0 Å². The van der Waals surface area contributed by atoms with Crippen molar-refractivity contribution in [1.29, 1.82) is 0 Å². The molecule has 8 heteroatoms. The van der Waals surface area contributed by atoms with E-state index in [1.54, 1.807) is 4.68 Å². The zero-order valence-corrected chi connectivity index (χ0v) is 13.0. The predicted molar refractivity (Wildman–Crippen MR) is 79.0 cm³/mol. The molecule has 1 fully saturated rings. The van der Waals surface area contributed by atoms with E-state index in [9.17, 15) is 13.2 Å². The number of hydrogen-bond acceptors (Lipinski definition) is 3. The molecule has 0 radical (unpaired) electrons. The van der Waals surface area contributed by atoms with Crippen LogP contribution in [0.15, 0.2) is 18.3 Å². The largest absolute Gasteiger partial charge is 0.417 e. The van der Waals surface area contributed by atoms with Crippen LogP contribution in [0.2, 0.25) is 0 Å². The Bertz CT molecular complexity index is 726. The maximum Gasteiger partial charge on any atom is 0.417 e. The smallest absolute Gasteiger partial charge is 0.284 e. The molecule has 0 unspecified atom stereocenters. The highest BCUT2D eigenvalue weighted by Gasteiger charge is 2.31. The fourth-order valence-electron chi connectivity index (χ4n) is 2.67. The van der Waals surface area contributed by atoms with Crippen molar-refractivity contribution in [2.24, 2.45) is 5.92 Å². The quantitative estimate of drug-likeness (QED) is 0.787. The Morgan fingerprint density at radius 1 is 1.27 bits per heavy atom. The van der Waals surface area contributed by atoms with Crippen molar-refractivity contribution in [3.63, 3.8) is 0 Å². The van der Waals surface area contributed by atoms with Gasteiger partial charge >= 0.3 is 6.18 Å². The third kappa shape index (κ3) is 3.03. The standard InChI is InChI=1S/C14H17F3N4S/c1-10-4-6-19(7-5-10)9-21-13(22)20-8-11(14(15,16)17)2-3-12(20)18-21/h2-3,8,10H,4-7,9H2,1H3. The van der Waals surface area contributed by atoms with Crippen LogP contribution in [0.1, 0.15) is 25.3 Å².